The first kappa shape index (κ1) is 21.5. The van der Waals surface area contributed by atoms with Crippen LogP contribution in [0.5, 0.6) is 0 Å². The topological polar surface area (TPSA) is 96.4 Å². The smallest absolute Gasteiger partial charge is 0.264 e. The summed E-state index contributed by atoms with van der Waals surface area (Å²) in [5.74, 6) is -0.192. The number of fused-ring (bicyclic) bond motifs is 1. The largest absolute Gasteiger partial charge is 0.378 e. The van der Waals surface area contributed by atoms with Gasteiger partial charge >= 0.3 is 0 Å². The van der Waals surface area contributed by atoms with E-state index in [0.29, 0.717) is 59.6 Å². The van der Waals surface area contributed by atoms with Crippen molar-refractivity contribution >= 4 is 63.7 Å². The van der Waals surface area contributed by atoms with E-state index in [9.17, 15) is 14.0 Å². The van der Waals surface area contributed by atoms with Gasteiger partial charge in [0.15, 0.2) is 0 Å². The highest BCUT2D eigenvalue weighted by Gasteiger charge is 2.30. The number of morpholine rings is 1. The zero-order chi connectivity index (χ0) is 22.9. The molecular formula is C22H17ClFN5O3S. The molecule has 2 N–H and O–H groups in total. The maximum Gasteiger partial charge on any atom is 0.264 e. The molecule has 5 rings (SSSR count). The lowest BCUT2D eigenvalue weighted by molar-refractivity contribution is -0.110. The number of thiophene rings is 1. The number of amides is 2. The lowest BCUT2D eigenvalue weighted by Gasteiger charge is -2.26. The first-order valence-corrected chi connectivity index (χ1v) is 11.3. The standard InChI is InChI=1S/C22H17ClFN5O3S/c23-15-9-12(1-3-16(15)24)27-19-18-14(21(30)28-20(18)26-11-25-19)10-13-2-4-17(33-13)22(31)29-5-7-32-8-6-29/h1-4,9-11H,5-8H2,(H2,25,26,27,28,30)/b14-10+. The molecular weight excluding hydrogens is 469 g/mol. The third kappa shape index (κ3) is 4.32. The van der Waals surface area contributed by atoms with E-state index in [1.165, 1.54) is 35.9 Å². The van der Waals surface area contributed by atoms with Crippen LogP contribution in [0.2, 0.25) is 5.02 Å². The van der Waals surface area contributed by atoms with Crippen LogP contribution < -0.4 is 10.6 Å². The van der Waals surface area contributed by atoms with Crippen LogP contribution in [0.1, 0.15) is 20.1 Å². The second-order valence-corrected chi connectivity index (χ2v) is 8.84. The van der Waals surface area contributed by atoms with Gasteiger partial charge in [-0.15, -0.1) is 11.3 Å². The summed E-state index contributed by atoms with van der Waals surface area (Å²) in [6.07, 6.45) is 3.02. The molecule has 4 heterocycles. The fourth-order valence-electron chi connectivity index (χ4n) is 3.58. The summed E-state index contributed by atoms with van der Waals surface area (Å²) < 4.78 is 18.8. The molecule has 0 saturated carbocycles. The van der Waals surface area contributed by atoms with E-state index in [-0.39, 0.29) is 16.8 Å². The molecule has 2 aliphatic rings. The average molecular weight is 486 g/mol. The molecule has 168 valence electrons. The molecule has 8 nitrogen and oxygen atoms in total. The summed E-state index contributed by atoms with van der Waals surface area (Å²) in [5, 5.41) is 5.76. The minimum absolute atomic E-state index is 0.0354. The van der Waals surface area contributed by atoms with E-state index in [2.05, 4.69) is 20.6 Å². The average Bonchev–Trinajstić information content (AvgIpc) is 3.41. The number of carbonyl (C=O) groups is 2. The van der Waals surface area contributed by atoms with Crippen molar-refractivity contribution in [2.75, 3.05) is 36.9 Å². The van der Waals surface area contributed by atoms with Crippen molar-refractivity contribution in [3.63, 3.8) is 0 Å². The highest BCUT2D eigenvalue weighted by Crippen LogP contribution is 2.38. The molecule has 0 bridgehead atoms. The van der Waals surface area contributed by atoms with Gasteiger partial charge in [-0.1, -0.05) is 11.6 Å². The minimum atomic E-state index is -0.535. The SMILES string of the molecule is O=C1Nc2ncnc(Nc3ccc(F)c(Cl)c3)c2/C1=C\c1ccc(C(=O)N2CCOCC2)s1. The molecule has 0 radical (unpaired) electrons. The Morgan fingerprint density at radius 3 is 2.85 bits per heavy atom. The second kappa shape index (κ2) is 8.89. The monoisotopic (exact) mass is 485 g/mol. The van der Waals surface area contributed by atoms with Crippen LogP contribution in [0.25, 0.3) is 11.6 Å². The second-order valence-electron chi connectivity index (χ2n) is 7.32. The maximum atomic E-state index is 13.5. The van der Waals surface area contributed by atoms with Crippen molar-refractivity contribution in [1.82, 2.24) is 14.9 Å². The van der Waals surface area contributed by atoms with Crippen molar-refractivity contribution in [2.24, 2.45) is 0 Å². The molecule has 1 saturated heterocycles. The summed E-state index contributed by atoms with van der Waals surface area (Å²) in [6, 6.07) is 7.75. The molecule has 2 amide bonds. The van der Waals surface area contributed by atoms with Gasteiger partial charge in [0, 0.05) is 23.7 Å². The molecule has 0 atom stereocenters. The quantitative estimate of drug-likeness (QED) is 0.541. The van der Waals surface area contributed by atoms with Crippen LogP contribution in [0, 0.1) is 5.82 Å². The van der Waals surface area contributed by atoms with Crippen molar-refractivity contribution in [1.29, 1.82) is 0 Å². The van der Waals surface area contributed by atoms with E-state index < -0.39 is 5.82 Å². The zero-order valence-electron chi connectivity index (χ0n) is 17.1. The number of hydrogen-bond acceptors (Lipinski definition) is 7. The summed E-state index contributed by atoms with van der Waals surface area (Å²) in [5.41, 5.74) is 1.35. The van der Waals surface area contributed by atoms with Crippen molar-refractivity contribution in [3.8, 4) is 0 Å². The van der Waals surface area contributed by atoms with Crippen LogP contribution in [0.3, 0.4) is 0 Å². The van der Waals surface area contributed by atoms with Crippen LogP contribution in [0.15, 0.2) is 36.7 Å². The van der Waals surface area contributed by atoms with E-state index in [4.69, 9.17) is 16.3 Å². The van der Waals surface area contributed by atoms with Crippen molar-refractivity contribution < 1.29 is 18.7 Å². The van der Waals surface area contributed by atoms with Gasteiger partial charge in [0.25, 0.3) is 11.8 Å². The number of hydrogen-bond donors (Lipinski definition) is 2. The van der Waals surface area contributed by atoms with Gasteiger partial charge in [-0.2, -0.15) is 0 Å². The molecule has 1 aromatic carbocycles. The number of aromatic nitrogens is 2. The number of halogens is 2. The normalized spacial score (nSPS) is 16.6. The minimum Gasteiger partial charge on any atom is -0.378 e. The fourth-order valence-corrected chi connectivity index (χ4v) is 4.68. The third-order valence-corrected chi connectivity index (χ3v) is 6.51. The molecule has 0 spiro atoms. The van der Waals surface area contributed by atoms with Gasteiger partial charge in [0.2, 0.25) is 0 Å². The Balaban J connectivity index is 1.45. The molecule has 2 aromatic heterocycles. The van der Waals surface area contributed by atoms with Crippen molar-refractivity contribution in [2.45, 2.75) is 0 Å². The van der Waals surface area contributed by atoms with Crippen molar-refractivity contribution in [3.05, 3.63) is 62.8 Å². The zero-order valence-corrected chi connectivity index (χ0v) is 18.7. The summed E-state index contributed by atoms with van der Waals surface area (Å²) >= 11 is 7.18. The predicted molar refractivity (Wildman–Crippen MR) is 124 cm³/mol. The molecule has 2 aliphatic heterocycles. The van der Waals surface area contributed by atoms with Gasteiger partial charge in [0.05, 0.1) is 34.3 Å². The molecule has 0 aliphatic carbocycles. The molecule has 3 aromatic rings. The number of nitrogens with zero attached hydrogens (tertiary/aromatic N) is 3. The van der Waals surface area contributed by atoms with Gasteiger partial charge in [-0.3, -0.25) is 9.59 Å². The number of benzene rings is 1. The Morgan fingerprint density at radius 1 is 1.24 bits per heavy atom. The van der Waals surface area contributed by atoms with Crippen LogP contribution >= 0.6 is 22.9 Å². The molecule has 33 heavy (non-hydrogen) atoms. The lowest BCUT2D eigenvalue weighted by Crippen LogP contribution is -2.40. The Labute approximate surface area is 197 Å². The number of carbonyl (C=O) groups excluding carboxylic acids is 2. The third-order valence-electron chi connectivity index (χ3n) is 5.20. The predicted octanol–water partition coefficient (Wildman–Crippen LogP) is 4.04. The van der Waals surface area contributed by atoms with Crippen LogP contribution in [-0.2, 0) is 9.53 Å². The summed E-state index contributed by atoms with van der Waals surface area (Å²) in [7, 11) is 0. The van der Waals surface area contributed by atoms with E-state index in [0.717, 1.165) is 4.88 Å². The van der Waals surface area contributed by atoms with Gasteiger partial charge in [0.1, 0.15) is 23.8 Å². The van der Waals surface area contributed by atoms with Gasteiger partial charge in [-0.25, -0.2) is 14.4 Å². The fraction of sp³-hybridized carbons (Fsp3) is 0.182. The van der Waals surface area contributed by atoms with Gasteiger partial charge in [-0.05, 0) is 36.4 Å². The van der Waals surface area contributed by atoms with Crippen LogP contribution in [-0.4, -0.2) is 53.0 Å². The highest BCUT2D eigenvalue weighted by atomic mass is 35.5. The van der Waals surface area contributed by atoms with E-state index in [1.807, 2.05) is 0 Å². The Hall–Kier alpha value is -3.34. The number of anilines is 3. The maximum absolute atomic E-state index is 13.5. The summed E-state index contributed by atoms with van der Waals surface area (Å²) in [4.78, 5) is 36.9. The van der Waals surface area contributed by atoms with E-state index >= 15 is 0 Å². The van der Waals surface area contributed by atoms with E-state index in [1.54, 1.807) is 23.1 Å². The molecule has 0 unspecified atom stereocenters. The Morgan fingerprint density at radius 2 is 2.06 bits per heavy atom. The molecule has 1 fully saturated rings. The Kier molecular flexibility index (Phi) is 5.79. The van der Waals surface area contributed by atoms with Crippen LogP contribution in [0.4, 0.5) is 21.7 Å². The number of ether oxygens (including phenoxy) is 1. The number of nitrogens with one attached hydrogen (secondary N) is 2. The number of rotatable bonds is 4. The summed E-state index contributed by atoms with van der Waals surface area (Å²) in [6.45, 7) is 2.17. The lowest BCUT2D eigenvalue weighted by atomic mass is 10.1. The Bertz CT molecular complexity index is 1290. The van der Waals surface area contributed by atoms with Gasteiger partial charge < -0.3 is 20.3 Å². The molecule has 11 heteroatoms. The first-order valence-electron chi connectivity index (χ1n) is 10.1. The highest BCUT2D eigenvalue weighted by molar-refractivity contribution is 7.15. The first-order chi connectivity index (χ1) is 16.0.